The lowest BCUT2D eigenvalue weighted by Crippen LogP contribution is -2.16. The van der Waals surface area contributed by atoms with E-state index in [0.717, 1.165) is 34.1 Å². The van der Waals surface area contributed by atoms with Crippen molar-refractivity contribution in [2.24, 2.45) is 0 Å². The molecule has 0 saturated heterocycles. The van der Waals surface area contributed by atoms with E-state index >= 15 is 0 Å². The molecule has 2 aliphatic rings. The SMILES string of the molecule is C=C1/C=C\C=C/CSc2c1ccc1c2c2ccc(-c3ccc(N(c4ccc5c(c4)C(C)(C)c4ccccc4-5)c4ccc5ccccc5c4)cc3)cc2n1-c1ccccc1. The van der Waals surface area contributed by atoms with Gasteiger partial charge in [-0.1, -0.05) is 154 Å². The minimum atomic E-state index is -0.0976. The third-order valence-electron chi connectivity index (χ3n) is 12.4. The predicted octanol–water partition coefficient (Wildman–Crippen LogP) is 15.6. The Bertz CT molecular complexity index is 3200. The monoisotopic (exact) mass is 774 g/mol. The first-order chi connectivity index (χ1) is 28.9. The van der Waals surface area contributed by atoms with Gasteiger partial charge in [0.15, 0.2) is 0 Å². The molecule has 0 unspecified atom stereocenters. The van der Waals surface area contributed by atoms with Crippen LogP contribution in [0.1, 0.15) is 30.5 Å². The van der Waals surface area contributed by atoms with E-state index in [2.05, 4.69) is 224 Å². The molecular formula is C56H42N2S. The first-order valence-corrected chi connectivity index (χ1v) is 21.4. The average molecular weight is 775 g/mol. The molecule has 9 aromatic rings. The summed E-state index contributed by atoms with van der Waals surface area (Å²) >= 11 is 1.89. The van der Waals surface area contributed by atoms with Crippen LogP contribution >= 0.6 is 11.8 Å². The van der Waals surface area contributed by atoms with Crippen molar-refractivity contribution in [3.8, 4) is 27.9 Å². The Morgan fingerprint density at radius 1 is 0.559 bits per heavy atom. The molecule has 8 aromatic carbocycles. The van der Waals surface area contributed by atoms with E-state index < -0.39 is 0 Å². The molecule has 0 amide bonds. The molecular weight excluding hydrogens is 733 g/mol. The van der Waals surface area contributed by atoms with E-state index in [4.69, 9.17) is 0 Å². The second-order valence-electron chi connectivity index (χ2n) is 16.2. The van der Waals surface area contributed by atoms with Crippen molar-refractivity contribution in [2.45, 2.75) is 24.2 Å². The summed E-state index contributed by atoms with van der Waals surface area (Å²) in [6.45, 7) is 9.17. The molecule has 0 N–H and O–H groups in total. The first kappa shape index (κ1) is 35.4. The zero-order chi connectivity index (χ0) is 39.7. The fraction of sp³-hybridized carbons (Fsp3) is 0.0714. The van der Waals surface area contributed by atoms with Crippen LogP contribution in [0.25, 0.3) is 66.1 Å². The Morgan fingerprint density at radius 2 is 1.25 bits per heavy atom. The van der Waals surface area contributed by atoms with Gasteiger partial charge in [0.2, 0.25) is 0 Å². The van der Waals surface area contributed by atoms with E-state index in [0.29, 0.717) is 0 Å². The van der Waals surface area contributed by atoms with Crippen molar-refractivity contribution in [2.75, 3.05) is 10.7 Å². The number of nitrogens with zero attached hydrogens (tertiary/aromatic N) is 2. The quantitative estimate of drug-likeness (QED) is 0.172. The number of rotatable bonds is 5. The maximum absolute atomic E-state index is 4.46. The van der Waals surface area contributed by atoms with Crippen molar-refractivity contribution in [1.29, 1.82) is 0 Å². The van der Waals surface area contributed by atoms with Crippen molar-refractivity contribution < 1.29 is 0 Å². The first-order valence-electron chi connectivity index (χ1n) is 20.4. The molecule has 0 atom stereocenters. The number of benzene rings is 8. The molecule has 282 valence electrons. The van der Waals surface area contributed by atoms with Crippen LogP contribution in [0.2, 0.25) is 0 Å². The fourth-order valence-electron chi connectivity index (χ4n) is 9.44. The second kappa shape index (κ2) is 13.9. The van der Waals surface area contributed by atoms with Gasteiger partial charge in [-0.25, -0.2) is 0 Å². The number of hydrogen-bond acceptors (Lipinski definition) is 2. The summed E-state index contributed by atoms with van der Waals surface area (Å²) in [6.07, 6.45) is 8.57. The minimum Gasteiger partial charge on any atom is -0.310 e. The third-order valence-corrected chi connectivity index (χ3v) is 13.5. The number of fused-ring (bicyclic) bond motifs is 9. The zero-order valence-corrected chi connectivity index (χ0v) is 34.0. The average Bonchev–Trinajstić information content (AvgIpc) is 3.76. The van der Waals surface area contributed by atoms with Gasteiger partial charge in [0.25, 0.3) is 0 Å². The zero-order valence-electron chi connectivity index (χ0n) is 33.2. The smallest absolute Gasteiger partial charge is 0.0552 e. The lowest BCUT2D eigenvalue weighted by molar-refractivity contribution is 0.660. The Kier molecular flexibility index (Phi) is 8.35. The molecule has 0 spiro atoms. The van der Waals surface area contributed by atoms with Crippen LogP contribution in [-0.4, -0.2) is 10.3 Å². The van der Waals surface area contributed by atoms with Crippen molar-refractivity contribution in [3.63, 3.8) is 0 Å². The number of allylic oxidation sites excluding steroid dienone is 4. The molecule has 1 aliphatic carbocycles. The highest BCUT2D eigenvalue weighted by Crippen LogP contribution is 2.51. The van der Waals surface area contributed by atoms with Crippen molar-refractivity contribution in [1.82, 2.24) is 4.57 Å². The van der Waals surface area contributed by atoms with Gasteiger partial charge in [0.1, 0.15) is 0 Å². The molecule has 11 rings (SSSR count). The lowest BCUT2D eigenvalue weighted by Gasteiger charge is -2.28. The standard InChI is InChI=1S/C56H42N2S/c1-37-14-6-5-13-33-59-55-46(37)31-32-52-54(55)49-29-24-41(35-53(49)58(52)42-17-7-4-8-18-42)39-21-25-43(26-22-39)57(44-27-23-38-15-9-10-16-40(38)34-44)45-28-30-48-47-19-11-12-20-50(47)56(2,3)51(48)36-45/h4-32,34-36H,1,33H2,2-3H3/b13-5-,14-6-. The van der Waals surface area contributed by atoms with Gasteiger partial charge in [0.05, 0.1) is 11.0 Å². The molecule has 59 heavy (non-hydrogen) atoms. The van der Waals surface area contributed by atoms with Crippen molar-refractivity contribution >= 4 is 67.0 Å². The van der Waals surface area contributed by atoms with E-state index in [9.17, 15) is 0 Å². The second-order valence-corrected chi connectivity index (χ2v) is 17.2. The number of hydrogen-bond donors (Lipinski definition) is 0. The fourth-order valence-corrected chi connectivity index (χ4v) is 10.5. The largest absolute Gasteiger partial charge is 0.310 e. The van der Waals surface area contributed by atoms with Crippen molar-refractivity contribution in [3.05, 3.63) is 217 Å². The summed E-state index contributed by atoms with van der Waals surface area (Å²) in [6, 6.07) is 62.7. The lowest BCUT2D eigenvalue weighted by atomic mass is 9.82. The Morgan fingerprint density at radius 3 is 2.12 bits per heavy atom. The molecule has 1 aromatic heterocycles. The van der Waals surface area contributed by atoms with E-state index in [1.54, 1.807) is 0 Å². The maximum atomic E-state index is 4.46. The van der Waals surface area contributed by atoms with Crippen LogP contribution < -0.4 is 4.90 Å². The predicted molar refractivity (Wildman–Crippen MR) is 254 cm³/mol. The Labute approximate surface area is 350 Å². The Balaban J connectivity index is 1.05. The molecule has 0 fully saturated rings. The molecule has 1 aliphatic heterocycles. The van der Waals surface area contributed by atoms with Crippen LogP contribution in [0, 0.1) is 0 Å². The van der Waals surface area contributed by atoms with Gasteiger partial charge in [-0.3, -0.25) is 0 Å². The molecule has 0 bridgehead atoms. The summed E-state index contributed by atoms with van der Waals surface area (Å²) in [5.41, 5.74) is 16.8. The molecule has 0 saturated carbocycles. The molecule has 3 heteroatoms. The van der Waals surface area contributed by atoms with Gasteiger partial charge in [-0.2, -0.15) is 0 Å². The summed E-state index contributed by atoms with van der Waals surface area (Å²) in [4.78, 5) is 3.70. The minimum absolute atomic E-state index is 0.0976. The summed E-state index contributed by atoms with van der Waals surface area (Å²) in [7, 11) is 0. The number of aromatic nitrogens is 1. The van der Waals surface area contributed by atoms with Crippen LogP contribution in [-0.2, 0) is 5.41 Å². The summed E-state index contributed by atoms with van der Waals surface area (Å²) in [5.74, 6) is 0.902. The van der Waals surface area contributed by atoms with Gasteiger partial charge >= 0.3 is 0 Å². The van der Waals surface area contributed by atoms with Crippen LogP contribution in [0.4, 0.5) is 17.1 Å². The summed E-state index contributed by atoms with van der Waals surface area (Å²) in [5, 5.41) is 4.99. The normalized spacial score (nSPS) is 15.3. The Hall–Kier alpha value is -6.81. The van der Waals surface area contributed by atoms with E-state index in [1.807, 2.05) is 11.8 Å². The number of thioether (sulfide) groups is 1. The molecule has 2 nitrogen and oxygen atoms in total. The third kappa shape index (κ3) is 5.80. The van der Waals surface area contributed by atoms with E-state index in [-0.39, 0.29) is 5.41 Å². The maximum Gasteiger partial charge on any atom is 0.0552 e. The highest BCUT2D eigenvalue weighted by Gasteiger charge is 2.35. The van der Waals surface area contributed by atoms with Gasteiger partial charge in [-0.05, 0) is 116 Å². The van der Waals surface area contributed by atoms with Crippen LogP contribution in [0.15, 0.2) is 206 Å². The highest BCUT2D eigenvalue weighted by molar-refractivity contribution is 7.99. The highest BCUT2D eigenvalue weighted by atomic mass is 32.2. The van der Waals surface area contributed by atoms with Gasteiger partial charge in [0, 0.05) is 49.6 Å². The molecule has 2 heterocycles. The van der Waals surface area contributed by atoms with E-state index in [1.165, 1.54) is 76.4 Å². The topological polar surface area (TPSA) is 8.17 Å². The van der Waals surface area contributed by atoms with Gasteiger partial charge < -0.3 is 9.47 Å². The number of anilines is 3. The van der Waals surface area contributed by atoms with Gasteiger partial charge in [-0.15, -0.1) is 11.8 Å². The summed E-state index contributed by atoms with van der Waals surface area (Å²) < 4.78 is 2.43. The van der Waals surface area contributed by atoms with Crippen LogP contribution in [0.5, 0.6) is 0 Å². The molecule has 0 radical (unpaired) electrons. The van der Waals surface area contributed by atoms with Crippen LogP contribution in [0.3, 0.4) is 0 Å². The number of para-hydroxylation sites is 1.